The summed E-state index contributed by atoms with van der Waals surface area (Å²) < 4.78 is 4.83. The highest BCUT2D eigenvalue weighted by Gasteiger charge is 2.13. The van der Waals surface area contributed by atoms with Gasteiger partial charge in [-0.1, -0.05) is 19.0 Å². The fourth-order valence-corrected chi connectivity index (χ4v) is 1.08. The lowest BCUT2D eigenvalue weighted by Gasteiger charge is -2.08. The molecule has 0 spiro atoms. The van der Waals surface area contributed by atoms with Crippen molar-refractivity contribution in [3.63, 3.8) is 0 Å². The van der Waals surface area contributed by atoms with Gasteiger partial charge in [-0.15, -0.1) is 12.4 Å². The predicted octanol–water partition coefficient (Wildman–Crippen LogP) is 1.85. The van der Waals surface area contributed by atoms with E-state index in [4.69, 9.17) is 10.3 Å². The van der Waals surface area contributed by atoms with Gasteiger partial charge in [0.25, 0.3) is 0 Å². The minimum absolute atomic E-state index is 0. The third kappa shape index (κ3) is 3.74. The van der Waals surface area contributed by atoms with Crippen molar-refractivity contribution in [2.75, 3.05) is 0 Å². The van der Waals surface area contributed by atoms with E-state index in [2.05, 4.69) is 24.0 Å². The van der Waals surface area contributed by atoms with Crippen molar-refractivity contribution in [3.05, 3.63) is 11.7 Å². The molecule has 0 aliphatic rings. The molecular weight excluding hydrogens is 190 g/mol. The maximum Gasteiger partial charge on any atom is 0.223 e. The minimum atomic E-state index is -0.0950. The third-order valence-electron chi connectivity index (χ3n) is 1.60. The number of halogens is 1. The van der Waals surface area contributed by atoms with Gasteiger partial charge in [0.05, 0.1) is 6.04 Å². The number of nitrogens with zero attached hydrogens (tertiary/aromatic N) is 2. The second-order valence-electron chi connectivity index (χ2n) is 3.41. The number of aryl methyl sites for hydroxylation is 1. The van der Waals surface area contributed by atoms with Gasteiger partial charge in [0.15, 0.2) is 5.82 Å². The molecule has 1 unspecified atom stereocenters. The van der Waals surface area contributed by atoms with Gasteiger partial charge in [-0.2, -0.15) is 4.98 Å². The largest absolute Gasteiger partial charge is 0.340 e. The maximum atomic E-state index is 5.82. The Bertz CT molecular complexity index is 249. The van der Waals surface area contributed by atoms with E-state index in [9.17, 15) is 0 Å². The second kappa shape index (κ2) is 5.19. The lowest BCUT2D eigenvalue weighted by Crippen LogP contribution is -2.14. The molecule has 0 aromatic carbocycles. The van der Waals surface area contributed by atoms with Crippen LogP contribution in [0.25, 0.3) is 0 Å². The molecule has 2 N–H and O–H groups in total. The predicted molar refractivity (Wildman–Crippen MR) is 52.7 cm³/mol. The van der Waals surface area contributed by atoms with Crippen molar-refractivity contribution in [1.82, 2.24) is 10.1 Å². The molecule has 1 aromatic heterocycles. The molecule has 0 aliphatic heterocycles. The number of nitrogens with two attached hydrogens (primary N) is 1. The SMILES string of the molecule is Cc1nc(C(N)CC(C)C)no1.Cl. The van der Waals surface area contributed by atoms with Crippen molar-refractivity contribution < 1.29 is 4.52 Å². The third-order valence-corrected chi connectivity index (χ3v) is 1.60. The normalized spacial score (nSPS) is 12.7. The molecule has 1 heterocycles. The second-order valence-corrected chi connectivity index (χ2v) is 3.41. The fraction of sp³-hybridized carbons (Fsp3) is 0.750. The first kappa shape index (κ1) is 12.4. The van der Waals surface area contributed by atoms with E-state index in [1.54, 1.807) is 6.92 Å². The maximum absolute atomic E-state index is 5.82. The quantitative estimate of drug-likeness (QED) is 0.818. The Kier molecular flexibility index (Phi) is 4.95. The zero-order chi connectivity index (χ0) is 9.14. The van der Waals surface area contributed by atoms with Crippen LogP contribution in [0.3, 0.4) is 0 Å². The molecule has 0 saturated heterocycles. The molecule has 0 saturated carbocycles. The molecule has 13 heavy (non-hydrogen) atoms. The van der Waals surface area contributed by atoms with E-state index in [1.165, 1.54) is 0 Å². The summed E-state index contributed by atoms with van der Waals surface area (Å²) in [6.45, 7) is 6.00. The number of hydrogen-bond donors (Lipinski definition) is 1. The molecule has 0 fully saturated rings. The Morgan fingerprint density at radius 1 is 1.46 bits per heavy atom. The van der Waals surface area contributed by atoms with E-state index < -0.39 is 0 Å². The van der Waals surface area contributed by atoms with Gasteiger partial charge in [-0.05, 0) is 12.3 Å². The van der Waals surface area contributed by atoms with Crippen LogP contribution in [-0.2, 0) is 0 Å². The van der Waals surface area contributed by atoms with Crippen molar-refractivity contribution in [2.45, 2.75) is 33.2 Å². The number of aromatic nitrogens is 2. The summed E-state index contributed by atoms with van der Waals surface area (Å²) in [7, 11) is 0. The summed E-state index contributed by atoms with van der Waals surface area (Å²) in [5.41, 5.74) is 5.82. The van der Waals surface area contributed by atoms with Crippen LogP contribution in [0.4, 0.5) is 0 Å². The zero-order valence-electron chi connectivity index (χ0n) is 8.15. The number of rotatable bonds is 3. The Hall–Kier alpha value is -0.610. The molecule has 1 atom stereocenters. The zero-order valence-corrected chi connectivity index (χ0v) is 8.97. The highest BCUT2D eigenvalue weighted by molar-refractivity contribution is 5.85. The van der Waals surface area contributed by atoms with Crippen molar-refractivity contribution >= 4 is 12.4 Å². The van der Waals surface area contributed by atoms with Crippen molar-refractivity contribution in [1.29, 1.82) is 0 Å². The Balaban J connectivity index is 0.00000144. The van der Waals surface area contributed by atoms with Crippen LogP contribution in [0.15, 0.2) is 4.52 Å². The van der Waals surface area contributed by atoms with Crippen LogP contribution in [-0.4, -0.2) is 10.1 Å². The van der Waals surface area contributed by atoms with Gasteiger partial charge in [-0.25, -0.2) is 0 Å². The molecule has 0 radical (unpaired) electrons. The highest BCUT2D eigenvalue weighted by Crippen LogP contribution is 2.15. The number of hydrogen-bond acceptors (Lipinski definition) is 4. The highest BCUT2D eigenvalue weighted by atomic mass is 35.5. The summed E-state index contributed by atoms with van der Waals surface area (Å²) in [5, 5.41) is 3.76. The molecular formula is C8H16ClN3O. The molecule has 1 rings (SSSR count). The molecule has 0 amide bonds. The summed E-state index contributed by atoms with van der Waals surface area (Å²) in [5.74, 6) is 1.74. The summed E-state index contributed by atoms with van der Waals surface area (Å²) in [6.07, 6.45) is 0.888. The van der Waals surface area contributed by atoms with Crippen LogP contribution < -0.4 is 5.73 Å². The molecule has 4 nitrogen and oxygen atoms in total. The van der Waals surface area contributed by atoms with Gasteiger partial charge in [0, 0.05) is 6.92 Å². The minimum Gasteiger partial charge on any atom is -0.340 e. The topological polar surface area (TPSA) is 64.9 Å². The van der Waals surface area contributed by atoms with Crippen molar-refractivity contribution in [3.8, 4) is 0 Å². The first-order valence-electron chi connectivity index (χ1n) is 4.15. The van der Waals surface area contributed by atoms with Crippen LogP contribution in [0, 0.1) is 12.8 Å². The summed E-state index contributed by atoms with van der Waals surface area (Å²) in [6, 6.07) is -0.0950. The molecule has 0 bridgehead atoms. The van der Waals surface area contributed by atoms with Crippen LogP contribution in [0.5, 0.6) is 0 Å². The average Bonchev–Trinajstić information content (AvgIpc) is 2.34. The Morgan fingerprint density at radius 2 is 2.08 bits per heavy atom. The summed E-state index contributed by atoms with van der Waals surface area (Å²) >= 11 is 0. The van der Waals surface area contributed by atoms with Gasteiger partial charge >= 0.3 is 0 Å². The molecule has 1 aromatic rings. The average molecular weight is 206 g/mol. The Labute approximate surface area is 84.3 Å². The van der Waals surface area contributed by atoms with Gasteiger partial charge in [0.2, 0.25) is 5.89 Å². The van der Waals surface area contributed by atoms with E-state index in [0.29, 0.717) is 17.6 Å². The first-order valence-corrected chi connectivity index (χ1v) is 4.15. The van der Waals surface area contributed by atoms with Gasteiger partial charge in [-0.3, -0.25) is 0 Å². The molecule has 76 valence electrons. The monoisotopic (exact) mass is 205 g/mol. The van der Waals surface area contributed by atoms with E-state index in [1.807, 2.05) is 0 Å². The summed E-state index contributed by atoms with van der Waals surface area (Å²) in [4.78, 5) is 4.06. The van der Waals surface area contributed by atoms with Crippen LogP contribution in [0.1, 0.15) is 38.0 Å². The van der Waals surface area contributed by atoms with Crippen molar-refractivity contribution in [2.24, 2.45) is 11.7 Å². The van der Waals surface area contributed by atoms with E-state index in [-0.39, 0.29) is 18.4 Å². The van der Waals surface area contributed by atoms with Gasteiger partial charge in [0.1, 0.15) is 0 Å². The smallest absolute Gasteiger partial charge is 0.223 e. The first-order chi connectivity index (χ1) is 5.59. The van der Waals surface area contributed by atoms with E-state index in [0.717, 1.165) is 6.42 Å². The lowest BCUT2D eigenvalue weighted by molar-refractivity contribution is 0.377. The Morgan fingerprint density at radius 3 is 2.46 bits per heavy atom. The van der Waals surface area contributed by atoms with Crippen LogP contribution in [0.2, 0.25) is 0 Å². The fourth-order valence-electron chi connectivity index (χ4n) is 1.08. The molecule has 5 heteroatoms. The molecule has 0 aliphatic carbocycles. The van der Waals surface area contributed by atoms with Gasteiger partial charge < -0.3 is 10.3 Å². The van der Waals surface area contributed by atoms with E-state index >= 15 is 0 Å². The lowest BCUT2D eigenvalue weighted by atomic mass is 10.0. The standard InChI is InChI=1S/C8H15N3O.ClH/c1-5(2)4-7(9)8-10-6(3)12-11-8;/h5,7H,4,9H2,1-3H3;1H. The van der Waals surface area contributed by atoms with Crippen LogP contribution >= 0.6 is 12.4 Å².